The summed E-state index contributed by atoms with van der Waals surface area (Å²) in [5.74, 6) is -0.0575. The third-order valence-electron chi connectivity index (χ3n) is 3.58. The van der Waals surface area contributed by atoms with E-state index in [9.17, 15) is 4.79 Å². The summed E-state index contributed by atoms with van der Waals surface area (Å²) in [5, 5.41) is 0. The molecule has 3 heteroatoms. The number of hydrogen-bond acceptors (Lipinski definition) is 3. The summed E-state index contributed by atoms with van der Waals surface area (Å²) in [6.45, 7) is 5.94. The molecule has 1 fully saturated rings. The SMILES string of the molecule is COC(=O)C1CCN(c2ccc(C)c(C)c2)C1. The molecule has 3 nitrogen and oxygen atoms in total. The molecule has 0 saturated carbocycles. The van der Waals surface area contributed by atoms with Crippen LogP contribution in [0.25, 0.3) is 0 Å². The van der Waals surface area contributed by atoms with Crippen molar-refractivity contribution in [2.45, 2.75) is 20.3 Å². The zero-order chi connectivity index (χ0) is 12.4. The standard InChI is InChI=1S/C14H19NO2/c1-10-4-5-13(8-11(10)2)15-7-6-12(9-15)14(16)17-3/h4-5,8,12H,6-7,9H2,1-3H3. The number of carbonyl (C=O) groups is 1. The van der Waals surface area contributed by atoms with Crippen LogP contribution >= 0.6 is 0 Å². The number of carbonyl (C=O) groups excluding carboxylic acids is 1. The number of anilines is 1. The summed E-state index contributed by atoms with van der Waals surface area (Å²) in [7, 11) is 1.46. The molecule has 1 aliphatic rings. The van der Waals surface area contributed by atoms with Gasteiger partial charge in [-0.05, 0) is 43.5 Å². The molecule has 92 valence electrons. The molecule has 0 amide bonds. The van der Waals surface area contributed by atoms with Crippen molar-refractivity contribution in [3.05, 3.63) is 29.3 Å². The predicted octanol–water partition coefficient (Wildman–Crippen LogP) is 2.30. The molecule has 2 rings (SSSR count). The highest BCUT2D eigenvalue weighted by atomic mass is 16.5. The van der Waals surface area contributed by atoms with E-state index < -0.39 is 0 Å². The Bertz CT molecular complexity index is 428. The van der Waals surface area contributed by atoms with Crippen LogP contribution in [0.15, 0.2) is 18.2 Å². The Hall–Kier alpha value is -1.51. The molecule has 1 aromatic rings. The fourth-order valence-corrected chi connectivity index (χ4v) is 2.28. The summed E-state index contributed by atoms with van der Waals surface area (Å²) < 4.78 is 4.80. The van der Waals surface area contributed by atoms with E-state index in [1.807, 2.05) is 0 Å². The molecular weight excluding hydrogens is 214 g/mol. The third kappa shape index (κ3) is 2.43. The van der Waals surface area contributed by atoms with E-state index in [4.69, 9.17) is 4.74 Å². The van der Waals surface area contributed by atoms with E-state index in [1.54, 1.807) is 0 Å². The topological polar surface area (TPSA) is 29.5 Å². The van der Waals surface area contributed by atoms with Crippen molar-refractivity contribution in [2.24, 2.45) is 5.92 Å². The van der Waals surface area contributed by atoms with Crippen LogP contribution in [-0.2, 0) is 9.53 Å². The summed E-state index contributed by atoms with van der Waals surface area (Å²) in [6.07, 6.45) is 0.888. The lowest BCUT2D eigenvalue weighted by molar-refractivity contribution is -0.144. The van der Waals surface area contributed by atoms with Crippen LogP contribution in [0.4, 0.5) is 5.69 Å². The Kier molecular flexibility index (Phi) is 3.36. The van der Waals surface area contributed by atoms with Gasteiger partial charge in [-0.25, -0.2) is 0 Å². The van der Waals surface area contributed by atoms with E-state index in [1.165, 1.54) is 23.9 Å². The molecule has 0 aromatic heterocycles. The maximum Gasteiger partial charge on any atom is 0.310 e. The molecule has 0 aliphatic carbocycles. The van der Waals surface area contributed by atoms with Gasteiger partial charge in [-0.15, -0.1) is 0 Å². The van der Waals surface area contributed by atoms with Gasteiger partial charge in [0.05, 0.1) is 13.0 Å². The molecule has 17 heavy (non-hydrogen) atoms. The van der Waals surface area contributed by atoms with Gasteiger partial charge in [0.2, 0.25) is 0 Å². The van der Waals surface area contributed by atoms with Crippen LogP contribution in [0.3, 0.4) is 0 Å². The molecule has 0 bridgehead atoms. The summed E-state index contributed by atoms with van der Waals surface area (Å²) in [4.78, 5) is 13.7. The highest BCUT2D eigenvalue weighted by Gasteiger charge is 2.29. The van der Waals surface area contributed by atoms with Crippen molar-refractivity contribution >= 4 is 11.7 Å². The zero-order valence-corrected chi connectivity index (χ0v) is 10.7. The Labute approximate surface area is 102 Å². The molecule has 0 N–H and O–H groups in total. The third-order valence-corrected chi connectivity index (χ3v) is 3.58. The first kappa shape index (κ1) is 12.0. The van der Waals surface area contributed by atoms with Crippen molar-refractivity contribution in [3.63, 3.8) is 0 Å². The van der Waals surface area contributed by atoms with Gasteiger partial charge in [-0.1, -0.05) is 6.07 Å². The highest BCUT2D eigenvalue weighted by Crippen LogP contribution is 2.26. The molecular formula is C14H19NO2. The van der Waals surface area contributed by atoms with Gasteiger partial charge < -0.3 is 9.64 Å². The lowest BCUT2D eigenvalue weighted by Crippen LogP contribution is -2.23. The van der Waals surface area contributed by atoms with E-state index >= 15 is 0 Å². The fraction of sp³-hybridized carbons (Fsp3) is 0.500. The molecule has 1 atom stereocenters. The number of rotatable bonds is 2. The lowest BCUT2D eigenvalue weighted by Gasteiger charge is -2.19. The van der Waals surface area contributed by atoms with Gasteiger partial charge in [0.15, 0.2) is 0 Å². The zero-order valence-electron chi connectivity index (χ0n) is 10.7. The van der Waals surface area contributed by atoms with Gasteiger partial charge in [0.1, 0.15) is 0 Å². The second-order valence-electron chi connectivity index (χ2n) is 4.72. The average Bonchev–Trinajstić information content (AvgIpc) is 2.81. The van der Waals surface area contributed by atoms with Crippen molar-refractivity contribution in [1.29, 1.82) is 0 Å². The van der Waals surface area contributed by atoms with Crippen LogP contribution in [0.1, 0.15) is 17.5 Å². The number of esters is 1. The molecule has 0 spiro atoms. The Balaban J connectivity index is 2.10. The van der Waals surface area contributed by atoms with Crippen LogP contribution < -0.4 is 4.90 Å². The molecule has 0 radical (unpaired) electrons. The minimum Gasteiger partial charge on any atom is -0.469 e. The Morgan fingerprint density at radius 2 is 2.12 bits per heavy atom. The summed E-state index contributed by atoms with van der Waals surface area (Å²) in [6, 6.07) is 6.45. The lowest BCUT2D eigenvalue weighted by atomic mass is 10.1. The fourth-order valence-electron chi connectivity index (χ4n) is 2.28. The average molecular weight is 233 g/mol. The monoisotopic (exact) mass is 233 g/mol. The number of benzene rings is 1. The first-order valence-corrected chi connectivity index (χ1v) is 6.02. The first-order chi connectivity index (χ1) is 8.11. The quantitative estimate of drug-likeness (QED) is 0.734. The molecule has 1 heterocycles. The number of nitrogens with zero attached hydrogens (tertiary/aromatic N) is 1. The van der Waals surface area contributed by atoms with Crippen LogP contribution in [0, 0.1) is 19.8 Å². The van der Waals surface area contributed by atoms with E-state index in [2.05, 4.69) is 36.9 Å². The van der Waals surface area contributed by atoms with Gasteiger partial charge >= 0.3 is 5.97 Å². The highest BCUT2D eigenvalue weighted by molar-refractivity contribution is 5.74. The van der Waals surface area contributed by atoms with Gasteiger partial charge in [0.25, 0.3) is 0 Å². The Morgan fingerprint density at radius 1 is 1.35 bits per heavy atom. The minimum absolute atomic E-state index is 0.0293. The van der Waals surface area contributed by atoms with Crippen LogP contribution in [-0.4, -0.2) is 26.2 Å². The number of ether oxygens (including phenoxy) is 1. The van der Waals surface area contributed by atoms with Crippen molar-refractivity contribution in [2.75, 3.05) is 25.1 Å². The number of hydrogen-bond donors (Lipinski definition) is 0. The van der Waals surface area contributed by atoms with Crippen LogP contribution in [0.2, 0.25) is 0 Å². The van der Waals surface area contributed by atoms with Crippen molar-refractivity contribution in [3.8, 4) is 0 Å². The second kappa shape index (κ2) is 4.78. The van der Waals surface area contributed by atoms with Gasteiger partial charge in [-0.2, -0.15) is 0 Å². The van der Waals surface area contributed by atoms with Crippen LogP contribution in [0.5, 0.6) is 0 Å². The van der Waals surface area contributed by atoms with Crippen molar-refractivity contribution in [1.82, 2.24) is 0 Å². The molecule has 1 saturated heterocycles. The smallest absolute Gasteiger partial charge is 0.310 e. The summed E-state index contributed by atoms with van der Waals surface area (Å²) >= 11 is 0. The predicted molar refractivity (Wildman–Crippen MR) is 68.3 cm³/mol. The van der Waals surface area contributed by atoms with E-state index in [0.29, 0.717) is 0 Å². The summed E-state index contributed by atoms with van der Waals surface area (Å²) in [5.41, 5.74) is 3.81. The van der Waals surface area contributed by atoms with E-state index in [0.717, 1.165) is 19.5 Å². The maximum absolute atomic E-state index is 11.5. The number of methoxy groups -OCH3 is 1. The first-order valence-electron chi connectivity index (χ1n) is 6.02. The largest absolute Gasteiger partial charge is 0.469 e. The molecule has 1 aromatic carbocycles. The normalized spacial score (nSPS) is 19.5. The maximum atomic E-state index is 11.5. The number of aryl methyl sites for hydroxylation is 2. The Morgan fingerprint density at radius 3 is 2.76 bits per heavy atom. The second-order valence-corrected chi connectivity index (χ2v) is 4.72. The van der Waals surface area contributed by atoms with Gasteiger partial charge in [0, 0.05) is 18.8 Å². The van der Waals surface area contributed by atoms with Gasteiger partial charge in [-0.3, -0.25) is 4.79 Å². The van der Waals surface area contributed by atoms with Crippen molar-refractivity contribution < 1.29 is 9.53 Å². The molecule has 1 aliphatic heterocycles. The van der Waals surface area contributed by atoms with E-state index in [-0.39, 0.29) is 11.9 Å². The molecule has 1 unspecified atom stereocenters. The minimum atomic E-state index is -0.0867.